The Hall–Kier alpha value is -1.85. The fourth-order valence-electron chi connectivity index (χ4n) is 4.22. The van der Waals surface area contributed by atoms with E-state index < -0.39 is 0 Å². The largest absolute Gasteiger partial charge is 0.496 e. The molecule has 0 aliphatic carbocycles. The molecular weight excluding hydrogens is 326 g/mol. The van der Waals surface area contributed by atoms with Crippen molar-refractivity contribution >= 4 is 5.91 Å². The zero-order valence-electron chi connectivity index (χ0n) is 16.3. The van der Waals surface area contributed by atoms with Crippen molar-refractivity contribution in [2.45, 2.75) is 24.8 Å². The monoisotopic (exact) mass is 357 g/mol. The van der Waals surface area contributed by atoms with E-state index in [0.717, 1.165) is 62.4 Å². The molecule has 0 atom stereocenters. The van der Waals surface area contributed by atoms with Crippen molar-refractivity contribution in [2.75, 3.05) is 53.9 Å². The molecule has 1 aromatic carbocycles. The summed E-state index contributed by atoms with van der Waals surface area (Å²) in [5, 5.41) is 0. The van der Waals surface area contributed by atoms with E-state index in [1.807, 2.05) is 29.2 Å². The number of carbonyl (C=O) groups is 1. The molecule has 3 rings (SSSR count). The molecule has 1 aromatic rings. The normalized spacial score (nSPS) is 21.0. The second-order valence-corrected chi connectivity index (χ2v) is 7.70. The van der Waals surface area contributed by atoms with E-state index in [4.69, 9.17) is 4.74 Å². The van der Waals surface area contributed by atoms with Crippen LogP contribution in [0.2, 0.25) is 0 Å². The van der Waals surface area contributed by atoms with Crippen LogP contribution < -0.4 is 4.74 Å². The van der Waals surface area contributed by atoms with Crippen LogP contribution in [0.3, 0.4) is 0 Å². The Bertz CT molecular complexity index is 665. The van der Waals surface area contributed by atoms with Gasteiger partial charge in [0.25, 0.3) is 5.91 Å². The number of ether oxygens (including phenoxy) is 1. The van der Waals surface area contributed by atoms with Gasteiger partial charge in [0.15, 0.2) is 0 Å². The van der Waals surface area contributed by atoms with Crippen LogP contribution in [-0.2, 0) is 6.42 Å². The second-order valence-electron chi connectivity index (χ2n) is 7.70. The number of piperidine rings is 1. The fraction of sp³-hybridized carbons (Fsp3) is 0.571. The third kappa shape index (κ3) is 3.64. The zero-order chi connectivity index (χ0) is 18.7. The average Bonchev–Trinajstić information content (AvgIpc) is 2.66. The minimum atomic E-state index is 0.122. The lowest BCUT2D eigenvalue weighted by Crippen LogP contribution is -2.64. The minimum absolute atomic E-state index is 0.122. The summed E-state index contributed by atoms with van der Waals surface area (Å²) in [5.41, 5.74) is 1.88. The molecule has 5 nitrogen and oxygen atoms in total. The van der Waals surface area contributed by atoms with E-state index in [-0.39, 0.29) is 11.4 Å². The van der Waals surface area contributed by atoms with Gasteiger partial charge in [-0.1, -0.05) is 6.08 Å². The summed E-state index contributed by atoms with van der Waals surface area (Å²) in [7, 11) is 6.05. The molecule has 2 fully saturated rings. The Balaban J connectivity index is 1.79. The topological polar surface area (TPSA) is 36.0 Å². The van der Waals surface area contributed by atoms with E-state index in [2.05, 4.69) is 30.5 Å². The van der Waals surface area contributed by atoms with Crippen LogP contribution in [-0.4, -0.2) is 80.1 Å². The summed E-state index contributed by atoms with van der Waals surface area (Å²) in [6.45, 7) is 8.54. The summed E-state index contributed by atoms with van der Waals surface area (Å²) in [6, 6.07) is 5.74. The maximum absolute atomic E-state index is 13.2. The van der Waals surface area contributed by atoms with Gasteiger partial charge in [-0.3, -0.25) is 9.69 Å². The van der Waals surface area contributed by atoms with Crippen molar-refractivity contribution < 1.29 is 9.53 Å². The molecule has 0 unspecified atom stereocenters. The van der Waals surface area contributed by atoms with Crippen LogP contribution in [0.5, 0.6) is 5.75 Å². The van der Waals surface area contributed by atoms with Gasteiger partial charge in [0.2, 0.25) is 0 Å². The van der Waals surface area contributed by atoms with Crippen LogP contribution in [0.15, 0.2) is 30.9 Å². The highest BCUT2D eigenvalue weighted by Crippen LogP contribution is 2.32. The third-order valence-electron chi connectivity index (χ3n) is 6.10. The predicted molar refractivity (Wildman–Crippen MR) is 105 cm³/mol. The van der Waals surface area contributed by atoms with E-state index in [9.17, 15) is 4.79 Å². The van der Waals surface area contributed by atoms with Crippen molar-refractivity contribution in [3.63, 3.8) is 0 Å². The SMILES string of the molecule is C=CCc1cc(C(=O)N2CCN(C)C3(CCN(C)CC3)C2)ccc1OC. The number of benzene rings is 1. The van der Waals surface area contributed by atoms with Crippen molar-refractivity contribution in [1.29, 1.82) is 0 Å². The zero-order valence-corrected chi connectivity index (χ0v) is 16.3. The second kappa shape index (κ2) is 7.80. The molecule has 142 valence electrons. The molecular formula is C21H31N3O2. The molecule has 26 heavy (non-hydrogen) atoms. The van der Waals surface area contributed by atoms with Crippen molar-refractivity contribution in [3.05, 3.63) is 42.0 Å². The Morgan fingerprint density at radius 1 is 1.23 bits per heavy atom. The lowest BCUT2D eigenvalue weighted by molar-refractivity contribution is -0.0170. The highest BCUT2D eigenvalue weighted by molar-refractivity contribution is 5.94. The highest BCUT2D eigenvalue weighted by atomic mass is 16.5. The van der Waals surface area contributed by atoms with Gasteiger partial charge in [-0.15, -0.1) is 6.58 Å². The summed E-state index contributed by atoms with van der Waals surface area (Å²) in [6.07, 6.45) is 4.78. The van der Waals surface area contributed by atoms with Crippen molar-refractivity contribution in [1.82, 2.24) is 14.7 Å². The maximum Gasteiger partial charge on any atom is 0.253 e. The maximum atomic E-state index is 13.2. The van der Waals surface area contributed by atoms with E-state index >= 15 is 0 Å². The van der Waals surface area contributed by atoms with Gasteiger partial charge in [0.05, 0.1) is 7.11 Å². The summed E-state index contributed by atoms with van der Waals surface area (Å²) in [4.78, 5) is 20.1. The molecule has 2 saturated heterocycles. The standard InChI is InChI=1S/C21H31N3O2/c1-5-6-17-15-18(7-8-19(17)26-4)20(25)24-14-13-23(3)21(16-24)9-11-22(2)12-10-21/h5,7-8,15H,1,6,9-14,16H2,2-4H3. The molecule has 0 aromatic heterocycles. The van der Waals surface area contributed by atoms with E-state index in [0.29, 0.717) is 6.42 Å². The number of hydrogen-bond donors (Lipinski definition) is 0. The lowest BCUT2D eigenvalue weighted by Gasteiger charge is -2.52. The van der Waals surface area contributed by atoms with Gasteiger partial charge < -0.3 is 14.5 Å². The lowest BCUT2D eigenvalue weighted by atomic mass is 9.83. The van der Waals surface area contributed by atoms with Gasteiger partial charge in [-0.2, -0.15) is 0 Å². The van der Waals surface area contributed by atoms with Crippen LogP contribution >= 0.6 is 0 Å². The van der Waals surface area contributed by atoms with Crippen molar-refractivity contribution in [3.8, 4) is 5.75 Å². The van der Waals surface area contributed by atoms with Gasteiger partial charge in [0.1, 0.15) is 5.75 Å². The Morgan fingerprint density at radius 3 is 2.62 bits per heavy atom. The summed E-state index contributed by atoms with van der Waals surface area (Å²) >= 11 is 0. The number of rotatable bonds is 4. The summed E-state index contributed by atoms with van der Waals surface area (Å²) < 4.78 is 5.41. The minimum Gasteiger partial charge on any atom is -0.496 e. The van der Waals surface area contributed by atoms with Crippen LogP contribution in [0, 0.1) is 0 Å². The molecule has 2 aliphatic heterocycles. The van der Waals surface area contributed by atoms with Gasteiger partial charge in [-0.05, 0) is 70.2 Å². The Kier molecular flexibility index (Phi) is 5.68. The number of allylic oxidation sites excluding steroid dienone is 1. The van der Waals surface area contributed by atoms with Crippen LogP contribution in [0.25, 0.3) is 0 Å². The predicted octanol–water partition coefficient (Wildman–Crippen LogP) is 2.28. The first-order chi connectivity index (χ1) is 12.5. The molecule has 0 bridgehead atoms. The number of amides is 1. The van der Waals surface area contributed by atoms with Gasteiger partial charge in [-0.25, -0.2) is 0 Å². The molecule has 0 N–H and O–H groups in total. The van der Waals surface area contributed by atoms with Gasteiger partial charge in [0, 0.05) is 30.7 Å². The van der Waals surface area contributed by atoms with Crippen LogP contribution in [0.1, 0.15) is 28.8 Å². The first-order valence-corrected chi connectivity index (χ1v) is 9.46. The van der Waals surface area contributed by atoms with Crippen molar-refractivity contribution in [2.24, 2.45) is 0 Å². The Labute approximate surface area is 157 Å². The molecule has 2 aliphatic rings. The van der Waals surface area contributed by atoms with E-state index in [1.165, 1.54) is 0 Å². The third-order valence-corrected chi connectivity index (χ3v) is 6.10. The van der Waals surface area contributed by atoms with E-state index in [1.54, 1.807) is 7.11 Å². The highest BCUT2D eigenvalue weighted by Gasteiger charge is 2.42. The molecule has 2 heterocycles. The quantitative estimate of drug-likeness (QED) is 0.775. The first-order valence-electron chi connectivity index (χ1n) is 9.46. The molecule has 0 saturated carbocycles. The Morgan fingerprint density at radius 2 is 1.96 bits per heavy atom. The number of methoxy groups -OCH3 is 1. The fourth-order valence-corrected chi connectivity index (χ4v) is 4.22. The van der Waals surface area contributed by atoms with Gasteiger partial charge >= 0.3 is 0 Å². The molecule has 1 amide bonds. The number of likely N-dealkylation sites (N-methyl/N-ethyl adjacent to an activating group) is 1. The average molecular weight is 357 g/mol. The number of carbonyl (C=O) groups excluding carboxylic acids is 1. The first kappa shape index (κ1) is 18.9. The molecule has 1 spiro atoms. The van der Waals surface area contributed by atoms with Crippen LogP contribution in [0.4, 0.5) is 0 Å². The number of piperazine rings is 1. The smallest absolute Gasteiger partial charge is 0.253 e. The number of nitrogens with zero attached hydrogens (tertiary/aromatic N) is 3. The summed E-state index contributed by atoms with van der Waals surface area (Å²) in [5.74, 6) is 0.941. The molecule has 5 heteroatoms. The number of hydrogen-bond acceptors (Lipinski definition) is 4. The molecule has 0 radical (unpaired) electrons. The number of likely N-dealkylation sites (tertiary alicyclic amines) is 1.